The zero-order valence-electron chi connectivity index (χ0n) is 13.2. The van der Waals surface area contributed by atoms with Crippen molar-refractivity contribution >= 4 is 11.8 Å². The summed E-state index contributed by atoms with van der Waals surface area (Å²) < 4.78 is 0. The van der Waals surface area contributed by atoms with E-state index in [1.807, 2.05) is 0 Å². The molecular formula is C20H22N2S. The van der Waals surface area contributed by atoms with Gasteiger partial charge in [-0.25, -0.2) is 0 Å². The molecule has 0 unspecified atom stereocenters. The fourth-order valence-electron chi connectivity index (χ4n) is 6.63. The predicted molar refractivity (Wildman–Crippen MR) is 92.5 cm³/mol. The molecule has 118 valence electrons. The van der Waals surface area contributed by atoms with Gasteiger partial charge < -0.3 is 0 Å². The molecular weight excluding hydrogens is 300 g/mol. The Morgan fingerprint density at radius 2 is 1.78 bits per heavy atom. The summed E-state index contributed by atoms with van der Waals surface area (Å²) >= 11 is 2.13. The minimum atomic E-state index is 0.520. The fraction of sp³-hybridized carbons (Fsp3) is 0.600. The smallest absolute Gasteiger partial charge is 0.0808 e. The quantitative estimate of drug-likeness (QED) is 0.716. The van der Waals surface area contributed by atoms with Gasteiger partial charge in [-0.2, -0.15) is 10.2 Å². The van der Waals surface area contributed by atoms with Crippen molar-refractivity contribution in [2.24, 2.45) is 45.7 Å². The van der Waals surface area contributed by atoms with E-state index in [1.165, 1.54) is 24.2 Å². The van der Waals surface area contributed by atoms with Gasteiger partial charge in [0, 0.05) is 16.1 Å². The van der Waals surface area contributed by atoms with E-state index in [9.17, 15) is 0 Å². The first-order valence-corrected chi connectivity index (χ1v) is 10.1. The Hall–Kier alpha value is -1.09. The molecule has 23 heavy (non-hydrogen) atoms. The minimum absolute atomic E-state index is 0.520. The van der Waals surface area contributed by atoms with Crippen LogP contribution in [0.1, 0.15) is 19.3 Å². The van der Waals surface area contributed by atoms with Crippen LogP contribution in [0.5, 0.6) is 0 Å². The SMILES string of the molecule is C1=C[C@@H]2[C@H](C1)[C@H]1N=N[C@H]2[C@@H]2[C@@H]3C[C@@H]([C@H]12)[C@@H](Sc1ccccc1)C3. The Balaban J connectivity index is 1.31. The molecule has 3 heteroatoms. The average Bonchev–Trinajstić information content (AvgIpc) is 3.31. The molecule has 6 aliphatic rings. The normalized spacial score (nSPS) is 51.2. The average molecular weight is 322 g/mol. The summed E-state index contributed by atoms with van der Waals surface area (Å²) in [4.78, 5) is 1.45. The van der Waals surface area contributed by atoms with Gasteiger partial charge in [-0.05, 0) is 61.0 Å². The second-order valence-electron chi connectivity index (χ2n) is 8.14. The summed E-state index contributed by atoms with van der Waals surface area (Å²) in [6.45, 7) is 0. The third kappa shape index (κ3) is 1.72. The summed E-state index contributed by atoms with van der Waals surface area (Å²) in [5.74, 6) is 4.97. The maximum Gasteiger partial charge on any atom is 0.0808 e. The molecule has 2 nitrogen and oxygen atoms in total. The molecule has 0 aromatic heterocycles. The van der Waals surface area contributed by atoms with Crippen LogP contribution in [0.3, 0.4) is 0 Å². The number of fused-ring (bicyclic) bond motifs is 2. The van der Waals surface area contributed by atoms with Crippen LogP contribution >= 0.6 is 11.8 Å². The Bertz CT molecular complexity index is 684. The van der Waals surface area contributed by atoms with Crippen molar-refractivity contribution in [2.75, 3.05) is 0 Å². The third-order valence-electron chi connectivity index (χ3n) is 7.32. The second kappa shape index (κ2) is 4.72. The number of rotatable bonds is 2. The molecule has 0 saturated heterocycles. The highest BCUT2D eigenvalue weighted by atomic mass is 32.2. The van der Waals surface area contributed by atoms with Crippen LogP contribution in [0.2, 0.25) is 0 Å². The summed E-state index contributed by atoms with van der Waals surface area (Å²) in [5.41, 5.74) is 0. The van der Waals surface area contributed by atoms with Gasteiger partial charge in [-0.1, -0.05) is 30.4 Å². The van der Waals surface area contributed by atoms with Crippen LogP contribution in [0, 0.1) is 35.5 Å². The monoisotopic (exact) mass is 322 g/mol. The highest BCUT2D eigenvalue weighted by Gasteiger charge is 2.65. The Kier molecular flexibility index (Phi) is 2.71. The van der Waals surface area contributed by atoms with E-state index >= 15 is 0 Å². The standard InChI is InChI=1S/C20H22N2S/c1-2-5-12(6-3-1)23-16-10-11-9-15(16)18-17(11)19-13-7-4-8-14(13)20(18)22-21-19/h1-7,11,13-20H,8-10H2/t11-,13-,14+,15-,16+,17-,18+,19-,20-/m1/s1. The largest absolute Gasteiger partial charge is 0.190 e. The van der Waals surface area contributed by atoms with Crippen molar-refractivity contribution in [1.29, 1.82) is 0 Å². The lowest BCUT2D eigenvalue weighted by molar-refractivity contribution is 0.0202. The van der Waals surface area contributed by atoms with Crippen molar-refractivity contribution in [3.63, 3.8) is 0 Å². The van der Waals surface area contributed by atoms with Crippen molar-refractivity contribution in [1.82, 2.24) is 0 Å². The second-order valence-corrected chi connectivity index (χ2v) is 9.45. The van der Waals surface area contributed by atoms with E-state index in [0.717, 1.165) is 40.8 Å². The number of azo groups is 1. The molecule has 3 fully saturated rings. The third-order valence-corrected chi connectivity index (χ3v) is 8.71. The van der Waals surface area contributed by atoms with Crippen LogP contribution in [0.4, 0.5) is 0 Å². The molecule has 1 aromatic rings. The maximum absolute atomic E-state index is 4.82. The number of benzene rings is 1. The molecule has 4 aliphatic carbocycles. The van der Waals surface area contributed by atoms with Gasteiger partial charge in [0.2, 0.25) is 0 Å². The van der Waals surface area contributed by atoms with E-state index in [1.54, 1.807) is 0 Å². The van der Waals surface area contributed by atoms with E-state index in [2.05, 4.69) is 54.2 Å². The van der Waals surface area contributed by atoms with E-state index < -0.39 is 0 Å². The molecule has 2 aliphatic heterocycles. The molecule has 4 bridgehead atoms. The lowest BCUT2D eigenvalue weighted by Crippen LogP contribution is -2.55. The molecule has 0 spiro atoms. The zero-order chi connectivity index (χ0) is 15.0. The van der Waals surface area contributed by atoms with Gasteiger partial charge in [0.05, 0.1) is 12.1 Å². The Morgan fingerprint density at radius 3 is 2.70 bits per heavy atom. The molecule has 0 radical (unpaired) electrons. The van der Waals surface area contributed by atoms with E-state index in [4.69, 9.17) is 10.2 Å². The fourth-order valence-corrected chi connectivity index (χ4v) is 8.10. The molecule has 9 atom stereocenters. The van der Waals surface area contributed by atoms with E-state index in [0.29, 0.717) is 12.1 Å². The first-order chi connectivity index (χ1) is 11.4. The predicted octanol–water partition coefficient (Wildman–Crippen LogP) is 4.83. The summed E-state index contributed by atoms with van der Waals surface area (Å²) in [7, 11) is 0. The first-order valence-electron chi connectivity index (χ1n) is 9.18. The number of hydrogen-bond donors (Lipinski definition) is 0. The van der Waals surface area contributed by atoms with Gasteiger partial charge in [-0.3, -0.25) is 0 Å². The van der Waals surface area contributed by atoms with Gasteiger partial charge in [0.1, 0.15) is 0 Å². The molecule has 3 saturated carbocycles. The highest BCUT2D eigenvalue weighted by Crippen LogP contribution is 2.66. The topological polar surface area (TPSA) is 24.7 Å². The van der Waals surface area contributed by atoms with Gasteiger partial charge in [0.25, 0.3) is 0 Å². The van der Waals surface area contributed by atoms with Crippen molar-refractivity contribution < 1.29 is 0 Å². The van der Waals surface area contributed by atoms with Gasteiger partial charge >= 0.3 is 0 Å². The van der Waals surface area contributed by atoms with Crippen LogP contribution in [0.15, 0.2) is 57.6 Å². The number of nitrogens with zero attached hydrogens (tertiary/aromatic N) is 2. The van der Waals surface area contributed by atoms with Gasteiger partial charge in [0.15, 0.2) is 0 Å². The number of hydrogen-bond acceptors (Lipinski definition) is 3. The molecule has 0 amide bonds. The number of thioether (sulfide) groups is 1. The van der Waals surface area contributed by atoms with Crippen molar-refractivity contribution in [2.45, 2.75) is 41.5 Å². The Morgan fingerprint density at radius 1 is 0.913 bits per heavy atom. The van der Waals surface area contributed by atoms with Crippen LogP contribution in [-0.2, 0) is 0 Å². The van der Waals surface area contributed by atoms with Gasteiger partial charge in [-0.15, -0.1) is 11.8 Å². The van der Waals surface area contributed by atoms with Crippen molar-refractivity contribution in [3.05, 3.63) is 42.5 Å². The zero-order valence-corrected chi connectivity index (χ0v) is 14.0. The lowest BCUT2D eigenvalue weighted by atomic mass is 9.58. The van der Waals surface area contributed by atoms with Crippen LogP contribution in [-0.4, -0.2) is 17.3 Å². The van der Waals surface area contributed by atoms with Crippen molar-refractivity contribution in [3.8, 4) is 0 Å². The maximum atomic E-state index is 4.82. The molecule has 1 aromatic carbocycles. The molecule has 0 N–H and O–H groups in total. The minimum Gasteiger partial charge on any atom is -0.190 e. The lowest BCUT2D eigenvalue weighted by Gasteiger charge is -2.52. The number of allylic oxidation sites excluding steroid dienone is 1. The first kappa shape index (κ1) is 13.2. The van der Waals surface area contributed by atoms with E-state index in [-0.39, 0.29) is 0 Å². The summed E-state index contributed by atoms with van der Waals surface area (Å²) in [6, 6.07) is 12.1. The molecule has 2 heterocycles. The summed E-state index contributed by atoms with van der Waals surface area (Å²) in [6.07, 6.45) is 8.98. The Labute approximate surface area is 141 Å². The summed E-state index contributed by atoms with van der Waals surface area (Å²) in [5, 5.41) is 10.4. The highest BCUT2D eigenvalue weighted by molar-refractivity contribution is 8.00. The van der Waals surface area contributed by atoms with Crippen LogP contribution in [0.25, 0.3) is 0 Å². The van der Waals surface area contributed by atoms with Crippen LogP contribution < -0.4 is 0 Å². The molecule has 7 rings (SSSR count).